The molecule has 0 bridgehead atoms. The summed E-state index contributed by atoms with van der Waals surface area (Å²) in [6.45, 7) is 7.44. The highest BCUT2D eigenvalue weighted by Gasteiger charge is 2.27. The maximum Gasteiger partial charge on any atom is 0.134 e. The lowest BCUT2D eigenvalue weighted by Gasteiger charge is -2.27. The number of rotatable bonds is 10. The van der Waals surface area contributed by atoms with Crippen LogP contribution in [0.1, 0.15) is 46.5 Å². The Bertz CT molecular complexity index is 437. The lowest BCUT2D eigenvalue weighted by Crippen LogP contribution is -2.42. The second-order valence-corrected chi connectivity index (χ2v) is 6.88. The van der Waals surface area contributed by atoms with Crippen LogP contribution in [0.15, 0.2) is 29.2 Å². The van der Waals surface area contributed by atoms with Crippen molar-refractivity contribution in [3.8, 4) is 5.75 Å². The van der Waals surface area contributed by atoms with Gasteiger partial charge < -0.3 is 10.1 Å². The van der Waals surface area contributed by atoms with Gasteiger partial charge in [-0.25, -0.2) is 0 Å². The van der Waals surface area contributed by atoms with Gasteiger partial charge in [-0.15, -0.1) is 0 Å². The fourth-order valence-electron chi connectivity index (χ4n) is 2.59. The Labute approximate surface area is 131 Å². The number of para-hydroxylation sites is 1. The Morgan fingerprint density at radius 1 is 1.19 bits per heavy atom. The highest BCUT2D eigenvalue weighted by atomic mass is 32.2. The van der Waals surface area contributed by atoms with Gasteiger partial charge in [0, 0.05) is 6.04 Å². The van der Waals surface area contributed by atoms with E-state index in [4.69, 9.17) is 4.74 Å². The third kappa shape index (κ3) is 5.11. The standard InChI is InChI=1S/C17H29NO2S/c1-5-10-14(18-13-6-2)16(7-3)21(19)17-12-9-8-11-15(17)20-4/h8-9,11-12,14,16,18H,5-7,10,13H2,1-4H3. The zero-order valence-corrected chi connectivity index (χ0v) is 14.5. The molecule has 0 fully saturated rings. The molecule has 3 atom stereocenters. The summed E-state index contributed by atoms with van der Waals surface area (Å²) in [4.78, 5) is 0.811. The second kappa shape index (κ2) is 9.96. The van der Waals surface area contributed by atoms with E-state index in [0.29, 0.717) is 6.04 Å². The Hall–Kier alpha value is -0.870. The number of nitrogens with one attached hydrogen (secondary N) is 1. The van der Waals surface area contributed by atoms with Crippen LogP contribution in [-0.4, -0.2) is 29.2 Å². The van der Waals surface area contributed by atoms with Gasteiger partial charge in [0.05, 0.1) is 28.1 Å². The zero-order chi connectivity index (χ0) is 15.7. The van der Waals surface area contributed by atoms with Crippen LogP contribution in [0.4, 0.5) is 0 Å². The number of hydrogen-bond donors (Lipinski definition) is 1. The SMILES string of the molecule is CCCNC(CCC)C(CC)S(=O)c1ccccc1OC. The van der Waals surface area contributed by atoms with Crippen molar-refractivity contribution >= 4 is 10.8 Å². The second-order valence-electron chi connectivity index (χ2n) is 5.24. The molecule has 0 amide bonds. The van der Waals surface area contributed by atoms with E-state index >= 15 is 0 Å². The summed E-state index contributed by atoms with van der Waals surface area (Å²) in [7, 11) is 0.580. The molecule has 4 heteroatoms. The van der Waals surface area contributed by atoms with E-state index in [0.717, 1.165) is 42.9 Å². The van der Waals surface area contributed by atoms with E-state index in [9.17, 15) is 4.21 Å². The van der Waals surface area contributed by atoms with Crippen LogP contribution in [-0.2, 0) is 10.8 Å². The Morgan fingerprint density at radius 3 is 2.48 bits per heavy atom. The molecule has 0 radical (unpaired) electrons. The molecule has 0 heterocycles. The van der Waals surface area contributed by atoms with Crippen LogP contribution in [0.3, 0.4) is 0 Å². The summed E-state index contributed by atoms with van der Waals surface area (Å²) in [6, 6.07) is 7.94. The van der Waals surface area contributed by atoms with Gasteiger partial charge in [0.25, 0.3) is 0 Å². The van der Waals surface area contributed by atoms with Crippen LogP contribution in [0.5, 0.6) is 5.75 Å². The van der Waals surface area contributed by atoms with Gasteiger partial charge in [0.1, 0.15) is 5.75 Å². The summed E-state index contributed by atoms with van der Waals surface area (Å²) < 4.78 is 18.4. The van der Waals surface area contributed by atoms with Crippen molar-refractivity contribution in [2.24, 2.45) is 0 Å². The summed E-state index contributed by atoms with van der Waals surface area (Å²) in [5.74, 6) is 0.722. The summed E-state index contributed by atoms with van der Waals surface area (Å²) in [5.41, 5.74) is 0. The summed E-state index contributed by atoms with van der Waals surface area (Å²) >= 11 is 0. The first-order chi connectivity index (χ1) is 10.2. The summed E-state index contributed by atoms with van der Waals surface area (Å²) in [6.07, 6.45) is 4.14. The number of benzene rings is 1. The molecule has 0 spiro atoms. The molecule has 120 valence electrons. The highest BCUT2D eigenvalue weighted by molar-refractivity contribution is 7.85. The minimum absolute atomic E-state index is 0.118. The molecule has 1 aromatic rings. The largest absolute Gasteiger partial charge is 0.495 e. The lowest BCUT2D eigenvalue weighted by atomic mass is 10.1. The fraction of sp³-hybridized carbons (Fsp3) is 0.647. The molecule has 1 rings (SSSR count). The molecule has 0 aromatic heterocycles. The molecule has 0 aliphatic rings. The number of hydrogen-bond acceptors (Lipinski definition) is 3. The van der Waals surface area contributed by atoms with E-state index in [2.05, 4.69) is 26.1 Å². The normalized spacial score (nSPS) is 15.4. The quantitative estimate of drug-likeness (QED) is 0.715. The molecular formula is C17H29NO2S. The molecular weight excluding hydrogens is 282 g/mol. The van der Waals surface area contributed by atoms with E-state index in [-0.39, 0.29) is 5.25 Å². The Kier molecular flexibility index (Phi) is 8.62. The third-order valence-electron chi connectivity index (χ3n) is 3.67. The first-order valence-electron chi connectivity index (χ1n) is 7.96. The molecule has 3 unspecified atom stereocenters. The van der Waals surface area contributed by atoms with Gasteiger partial charge in [-0.3, -0.25) is 4.21 Å². The van der Waals surface area contributed by atoms with Crippen molar-refractivity contribution in [2.75, 3.05) is 13.7 Å². The third-order valence-corrected chi connectivity index (χ3v) is 5.65. The van der Waals surface area contributed by atoms with Gasteiger partial charge in [0.2, 0.25) is 0 Å². The van der Waals surface area contributed by atoms with Crippen LogP contribution < -0.4 is 10.1 Å². The van der Waals surface area contributed by atoms with Gasteiger partial charge in [0.15, 0.2) is 0 Å². The topological polar surface area (TPSA) is 38.3 Å². The van der Waals surface area contributed by atoms with Crippen LogP contribution >= 0.6 is 0 Å². The van der Waals surface area contributed by atoms with Crippen molar-refractivity contribution in [3.05, 3.63) is 24.3 Å². The van der Waals surface area contributed by atoms with E-state index < -0.39 is 10.8 Å². The molecule has 0 aliphatic heterocycles. The minimum atomic E-state index is -1.06. The number of ether oxygens (including phenoxy) is 1. The van der Waals surface area contributed by atoms with Crippen molar-refractivity contribution in [3.63, 3.8) is 0 Å². The molecule has 0 saturated heterocycles. The van der Waals surface area contributed by atoms with Gasteiger partial charge in [-0.1, -0.05) is 39.3 Å². The molecule has 1 aromatic carbocycles. The van der Waals surface area contributed by atoms with Gasteiger partial charge in [-0.2, -0.15) is 0 Å². The van der Waals surface area contributed by atoms with Gasteiger partial charge >= 0.3 is 0 Å². The summed E-state index contributed by atoms with van der Waals surface area (Å²) in [5, 5.41) is 3.69. The average molecular weight is 311 g/mol. The van der Waals surface area contributed by atoms with E-state index in [1.54, 1.807) is 7.11 Å². The van der Waals surface area contributed by atoms with Crippen LogP contribution in [0.25, 0.3) is 0 Å². The molecule has 0 aliphatic carbocycles. The smallest absolute Gasteiger partial charge is 0.134 e. The molecule has 1 N–H and O–H groups in total. The Morgan fingerprint density at radius 2 is 1.90 bits per heavy atom. The zero-order valence-electron chi connectivity index (χ0n) is 13.7. The maximum atomic E-state index is 13.0. The fourth-order valence-corrected chi connectivity index (χ4v) is 4.32. The molecule has 0 saturated carbocycles. The predicted molar refractivity (Wildman–Crippen MR) is 90.5 cm³/mol. The highest BCUT2D eigenvalue weighted by Crippen LogP contribution is 2.26. The van der Waals surface area contributed by atoms with Crippen LogP contribution in [0.2, 0.25) is 0 Å². The van der Waals surface area contributed by atoms with E-state index in [1.165, 1.54) is 0 Å². The van der Waals surface area contributed by atoms with Crippen LogP contribution in [0, 0.1) is 0 Å². The van der Waals surface area contributed by atoms with Crippen molar-refractivity contribution < 1.29 is 8.95 Å². The monoisotopic (exact) mass is 311 g/mol. The predicted octanol–water partition coefficient (Wildman–Crippen LogP) is 3.75. The molecule has 21 heavy (non-hydrogen) atoms. The minimum Gasteiger partial charge on any atom is -0.495 e. The average Bonchev–Trinajstić information content (AvgIpc) is 2.52. The Balaban J connectivity index is 2.97. The first kappa shape index (κ1) is 18.2. The van der Waals surface area contributed by atoms with Crippen molar-refractivity contribution in [2.45, 2.75) is 62.6 Å². The lowest BCUT2D eigenvalue weighted by molar-refractivity contribution is 0.402. The van der Waals surface area contributed by atoms with Crippen molar-refractivity contribution in [1.29, 1.82) is 0 Å². The maximum absolute atomic E-state index is 13.0. The first-order valence-corrected chi connectivity index (χ1v) is 9.17. The number of methoxy groups -OCH3 is 1. The molecule has 3 nitrogen and oxygen atoms in total. The van der Waals surface area contributed by atoms with E-state index in [1.807, 2.05) is 24.3 Å². The van der Waals surface area contributed by atoms with Gasteiger partial charge in [-0.05, 0) is 37.9 Å². The van der Waals surface area contributed by atoms with Crippen molar-refractivity contribution in [1.82, 2.24) is 5.32 Å².